The van der Waals surface area contributed by atoms with E-state index in [-0.39, 0.29) is 22.2 Å². The van der Waals surface area contributed by atoms with Gasteiger partial charge >= 0.3 is 0 Å². The Morgan fingerprint density at radius 3 is 2.36 bits per heavy atom. The monoisotopic (exact) mass is 553 g/mol. The molecule has 3 aromatic rings. The smallest absolute Gasteiger partial charge is 0.273 e. The summed E-state index contributed by atoms with van der Waals surface area (Å²) in [6.07, 6.45) is 0. The van der Waals surface area contributed by atoms with Crippen molar-refractivity contribution < 1.29 is 27.7 Å². The molecule has 12 nitrogen and oxygen atoms in total. The van der Waals surface area contributed by atoms with Gasteiger partial charge in [0.15, 0.2) is 0 Å². The second-order valence-corrected chi connectivity index (χ2v) is 10.3. The maximum absolute atomic E-state index is 13.6. The van der Waals surface area contributed by atoms with E-state index in [1.54, 1.807) is 31.2 Å². The Hall–Kier alpha value is -4.78. The van der Waals surface area contributed by atoms with Gasteiger partial charge in [-0.05, 0) is 61.9 Å². The van der Waals surface area contributed by atoms with E-state index in [4.69, 9.17) is 4.74 Å². The summed E-state index contributed by atoms with van der Waals surface area (Å²) in [7, 11) is -2.96. The molecule has 204 valence electrons. The molecule has 0 heterocycles. The van der Waals surface area contributed by atoms with Gasteiger partial charge in [-0.25, -0.2) is 13.8 Å². The molecule has 0 unspecified atom stereocenters. The molecule has 0 saturated carbocycles. The van der Waals surface area contributed by atoms with Crippen molar-refractivity contribution in [1.82, 2.24) is 5.43 Å². The zero-order valence-corrected chi connectivity index (χ0v) is 22.5. The molecule has 0 aliphatic heterocycles. The zero-order valence-electron chi connectivity index (χ0n) is 21.7. The first-order valence-corrected chi connectivity index (χ1v) is 13.0. The minimum atomic E-state index is -4.41. The number of sulfonamides is 1. The Balaban J connectivity index is 1.92. The lowest BCUT2D eigenvalue weighted by Crippen LogP contribution is -2.39. The summed E-state index contributed by atoms with van der Waals surface area (Å²) in [5.74, 6) is -0.532. The number of ether oxygens (including phenoxy) is 1. The fourth-order valence-electron chi connectivity index (χ4n) is 3.54. The number of nitrogens with one attached hydrogen (secondary N) is 2. The van der Waals surface area contributed by atoms with Gasteiger partial charge in [-0.2, -0.15) is 5.10 Å². The van der Waals surface area contributed by atoms with E-state index in [1.165, 1.54) is 57.4 Å². The van der Waals surface area contributed by atoms with Gasteiger partial charge in [0, 0.05) is 24.2 Å². The number of aryl methyl sites for hydroxylation is 1. The quantitative estimate of drug-likeness (QED) is 0.220. The topological polar surface area (TPSA) is 160 Å². The third-order valence-corrected chi connectivity index (χ3v) is 7.33. The highest BCUT2D eigenvalue weighted by atomic mass is 32.2. The van der Waals surface area contributed by atoms with Crippen LogP contribution in [0.3, 0.4) is 0 Å². The van der Waals surface area contributed by atoms with Crippen LogP contribution in [-0.4, -0.2) is 44.5 Å². The van der Waals surface area contributed by atoms with Crippen molar-refractivity contribution in [2.75, 3.05) is 23.3 Å². The van der Waals surface area contributed by atoms with Crippen LogP contribution in [0.2, 0.25) is 0 Å². The van der Waals surface area contributed by atoms with Crippen LogP contribution in [0.1, 0.15) is 25.0 Å². The molecule has 0 spiro atoms. The van der Waals surface area contributed by atoms with Crippen molar-refractivity contribution in [2.24, 2.45) is 5.10 Å². The number of nitrogens with zero attached hydrogens (tertiary/aromatic N) is 3. The Morgan fingerprint density at radius 1 is 1.05 bits per heavy atom. The van der Waals surface area contributed by atoms with E-state index in [0.717, 1.165) is 10.4 Å². The molecule has 3 aromatic carbocycles. The molecular formula is C26H27N5O7S. The van der Waals surface area contributed by atoms with Crippen molar-refractivity contribution >= 4 is 44.6 Å². The largest absolute Gasteiger partial charge is 0.497 e. The number of hydrogen-bond donors (Lipinski definition) is 2. The molecule has 0 radical (unpaired) electrons. The van der Waals surface area contributed by atoms with Crippen LogP contribution in [0, 0.1) is 17.0 Å². The van der Waals surface area contributed by atoms with E-state index in [0.29, 0.717) is 28.3 Å². The van der Waals surface area contributed by atoms with E-state index in [2.05, 4.69) is 15.8 Å². The van der Waals surface area contributed by atoms with Crippen LogP contribution in [0.15, 0.2) is 76.7 Å². The fourth-order valence-corrected chi connectivity index (χ4v) is 4.98. The number of amides is 2. The van der Waals surface area contributed by atoms with Crippen LogP contribution < -0.4 is 19.8 Å². The summed E-state index contributed by atoms with van der Waals surface area (Å²) in [6.45, 7) is 3.84. The van der Waals surface area contributed by atoms with Gasteiger partial charge in [-0.15, -0.1) is 0 Å². The SMILES string of the molecule is COc1ccc(N(CC(=O)N/N=C(/C)c2cccc(NC(C)=O)c2)S(=O)(=O)c2ccc(C)c([N+](=O)[O-])c2)cc1. The Morgan fingerprint density at radius 2 is 1.74 bits per heavy atom. The average Bonchev–Trinajstić information content (AvgIpc) is 2.90. The molecule has 0 aromatic heterocycles. The van der Waals surface area contributed by atoms with Gasteiger partial charge in [0.1, 0.15) is 12.3 Å². The number of methoxy groups -OCH3 is 1. The minimum Gasteiger partial charge on any atom is -0.497 e. The molecule has 2 amide bonds. The van der Waals surface area contributed by atoms with Gasteiger partial charge in [0.2, 0.25) is 5.91 Å². The summed E-state index contributed by atoms with van der Waals surface area (Å²) in [6, 6.07) is 16.3. The van der Waals surface area contributed by atoms with Gasteiger partial charge < -0.3 is 10.1 Å². The highest BCUT2D eigenvalue weighted by molar-refractivity contribution is 7.92. The van der Waals surface area contributed by atoms with Crippen LogP contribution in [0.5, 0.6) is 5.75 Å². The number of hydrazone groups is 1. The van der Waals surface area contributed by atoms with Crippen LogP contribution in [0.25, 0.3) is 0 Å². The summed E-state index contributed by atoms with van der Waals surface area (Å²) >= 11 is 0. The Kier molecular flexibility index (Phi) is 8.99. The normalized spacial score (nSPS) is 11.4. The first-order valence-electron chi connectivity index (χ1n) is 11.6. The summed E-state index contributed by atoms with van der Waals surface area (Å²) in [5, 5.41) is 18.1. The van der Waals surface area contributed by atoms with Crippen LogP contribution >= 0.6 is 0 Å². The highest BCUT2D eigenvalue weighted by Gasteiger charge is 2.29. The first-order chi connectivity index (χ1) is 18.4. The second-order valence-electron chi connectivity index (χ2n) is 8.41. The maximum atomic E-state index is 13.6. The molecule has 0 saturated heterocycles. The van der Waals surface area contributed by atoms with Gasteiger partial charge in [-0.3, -0.25) is 24.0 Å². The predicted octanol–water partition coefficient (Wildman–Crippen LogP) is 3.61. The molecule has 0 aliphatic carbocycles. The van der Waals surface area contributed by atoms with E-state index in [9.17, 15) is 28.1 Å². The van der Waals surface area contributed by atoms with Gasteiger partial charge in [0.05, 0.1) is 28.3 Å². The molecule has 2 N–H and O–H groups in total. The molecule has 0 bridgehead atoms. The van der Waals surface area contributed by atoms with Crippen LogP contribution in [-0.2, 0) is 19.6 Å². The number of anilines is 2. The van der Waals surface area contributed by atoms with E-state index in [1.807, 2.05) is 0 Å². The average molecular weight is 554 g/mol. The summed E-state index contributed by atoms with van der Waals surface area (Å²) < 4.78 is 33.2. The summed E-state index contributed by atoms with van der Waals surface area (Å²) in [4.78, 5) is 34.6. The molecule has 3 rings (SSSR count). The standard InChI is InChI=1S/C26H27N5O7S/c1-17-8-13-24(15-25(17)31(34)35)39(36,37)30(22-9-11-23(38-4)12-10-22)16-26(33)29-28-18(2)20-6-5-7-21(14-20)27-19(3)32/h5-15H,16H2,1-4H3,(H,27,32)(H,29,33)/b28-18-. The highest BCUT2D eigenvalue weighted by Crippen LogP contribution is 2.29. The number of benzene rings is 3. The van der Waals surface area contributed by atoms with E-state index < -0.39 is 27.4 Å². The van der Waals surface area contributed by atoms with Gasteiger partial charge in [-0.1, -0.05) is 18.2 Å². The second kappa shape index (κ2) is 12.2. The number of hydrogen-bond acceptors (Lipinski definition) is 8. The zero-order chi connectivity index (χ0) is 28.7. The number of nitro benzene ring substituents is 1. The van der Waals surface area contributed by atoms with Crippen molar-refractivity contribution in [1.29, 1.82) is 0 Å². The third kappa shape index (κ3) is 7.17. The number of carbonyl (C=O) groups excluding carboxylic acids is 2. The number of rotatable bonds is 10. The third-order valence-electron chi connectivity index (χ3n) is 5.56. The number of nitro groups is 1. The van der Waals surface area contributed by atoms with E-state index >= 15 is 0 Å². The lowest BCUT2D eigenvalue weighted by molar-refractivity contribution is -0.385. The molecular weight excluding hydrogens is 526 g/mol. The fraction of sp³-hybridized carbons (Fsp3) is 0.192. The van der Waals surface area contributed by atoms with Crippen molar-refractivity contribution in [3.63, 3.8) is 0 Å². The Bertz CT molecular complexity index is 1540. The van der Waals surface area contributed by atoms with Crippen LogP contribution in [0.4, 0.5) is 17.1 Å². The lowest BCUT2D eigenvalue weighted by Gasteiger charge is -2.24. The molecule has 0 fully saturated rings. The first kappa shape index (κ1) is 28.8. The Labute approximate surface area is 225 Å². The molecule has 0 aliphatic rings. The molecule has 0 atom stereocenters. The summed E-state index contributed by atoms with van der Waals surface area (Å²) in [5.41, 5.74) is 3.98. The maximum Gasteiger partial charge on any atom is 0.273 e. The molecule has 13 heteroatoms. The van der Waals surface area contributed by atoms with Crippen molar-refractivity contribution in [2.45, 2.75) is 25.7 Å². The number of carbonyl (C=O) groups is 2. The molecule has 39 heavy (non-hydrogen) atoms. The lowest BCUT2D eigenvalue weighted by atomic mass is 10.1. The minimum absolute atomic E-state index is 0.137. The van der Waals surface area contributed by atoms with Gasteiger partial charge in [0.25, 0.3) is 21.6 Å². The van der Waals surface area contributed by atoms with Crippen molar-refractivity contribution in [3.8, 4) is 5.75 Å². The van der Waals surface area contributed by atoms with Crippen molar-refractivity contribution in [3.05, 3.63) is 88.0 Å². The predicted molar refractivity (Wildman–Crippen MR) is 146 cm³/mol.